The molecular weight excluding hydrogens is 328 g/mol. The molecule has 0 unspecified atom stereocenters. The van der Waals surface area contributed by atoms with E-state index in [0.29, 0.717) is 11.6 Å². The van der Waals surface area contributed by atoms with Gasteiger partial charge in [0.25, 0.3) is 5.91 Å². The Morgan fingerprint density at radius 2 is 2.10 bits per heavy atom. The monoisotopic (exact) mass is 344 g/mol. The molecule has 1 aromatic carbocycles. The Morgan fingerprint density at radius 3 is 2.86 bits per heavy atom. The summed E-state index contributed by atoms with van der Waals surface area (Å²) in [6.45, 7) is 0.836. The van der Waals surface area contributed by atoms with E-state index in [-0.39, 0.29) is 5.91 Å². The summed E-state index contributed by atoms with van der Waals surface area (Å²) in [5, 5.41) is 0. The fourth-order valence-electron chi connectivity index (χ4n) is 2.90. The number of hydrogen-bond donors (Lipinski definition) is 0. The number of amides is 1. The molecule has 0 bridgehead atoms. The lowest BCUT2D eigenvalue weighted by atomic mass is 10.0. The van der Waals surface area contributed by atoms with E-state index in [4.69, 9.17) is 0 Å². The lowest BCUT2D eigenvalue weighted by Gasteiger charge is -2.25. The maximum absolute atomic E-state index is 12.7. The first-order valence-electron chi connectivity index (χ1n) is 7.19. The summed E-state index contributed by atoms with van der Waals surface area (Å²) in [6.07, 6.45) is 6.41. The van der Waals surface area contributed by atoms with E-state index in [9.17, 15) is 4.79 Å². The van der Waals surface area contributed by atoms with Gasteiger partial charge in [-0.3, -0.25) is 9.78 Å². The maximum Gasteiger partial charge on any atom is 0.255 e. The smallest absolute Gasteiger partial charge is 0.255 e. The number of halogens is 1. The van der Waals surface area contributed by atoms with Crippen molar-refractivity contribution in [1.82, 2.24) is 9.88 Å². The Morgan fingerprint density at radius 1 is 1.29 bits per heavy atom. The number of rotatable bonds is 3. The van der Waals surface area contributed by atoms with Gasteiger partial charge in [0.05, 0.1) is 5.56 Å². The number of likely N-dealkylation sites (tertiary alicyclic amines) is 1. The minimum Gasteiger partial charge on any atom is -0.335 e. The van der Waals surface area contributed by atoms with Gasteiger partial charge >= 0.3 is 0 Å². The van der Waals surface area contributed by atoms with Gasteiger partial charge in [0.1, 0.15) is 0 Å². The van der Waals surface area contributed by atoms with Crippen molar-refractivity contribution in [3.63, 3.8) is 0 Å². The summed E-state index contributed by atoms with van der Waals surface area (Å²) >= 11 is 3.37. The molecule has 1 saturated heterocycles. The van der Waals surface area contributed by atoms with E-state index in [1.807, 2.05) is 17.0 Å². The predicted molar refractivity (Wildman–Crippen MR) is 86.1 cm³/mol. The first kappa shape index (κ1) is 14.3. The van der Waals surface area contributed by atoms with Gasteiger partial charge in [-0.2, -0.15) is 0 Å². The van der Waals surface area contributed by atoms with Crippen molar-refractivity contribution < 1.29 is 4.79 Å². The topological polar surface area (TPSA) is 33.2 Å². The highest BCUT2D eigenvalue weighted by Crippen LogP contribution is 2.24. The zero-order chi connectivity index (χ0) is 14.7. The van der Waals surface area contributed by atoms with Gasteiger partial charge in [-0.25, -0.2) is 0 Å². The lowest BCUT2D eigenvalue weighted by Crippen LogP contribution is -2.36. The highest BCUT2D eigenvalue weighted by Gasteiger charge is 2.29. The van der Waals surface area contributed by atoms with Gasteiger partial charge in [-0.1, -0.05) is 30.3 Å². The van der Waals surface area contributed by atoms with Crippen molar-refractivity contribution >= 4 is 21.8 Å². The van der Waals surface area contributed by atoms with Crippen LogP contribution in [0.5, 0.6) is 0 Å². The highest BCUT2D eigenvalue weighted by atomic mass is 79.9. The van der Waals surface area contributed by atoms with Gasteiger partial charge in [0.15, 0.2) is 0 Å². The van der Waals surface area contributed by atoms with Crippen molar-refractivity contribution in [1.29, 1.82) is 0 Å². The molecule has 3 nitrogen and oxygen atoms in total. The molecule has 0 saturated carbocycles. The van der Waals surface area contributed by atoms with Crippen LogP contribution in [0.3, 0.4) is 0 Å². The Kier molecular flexibility index (Phi) is 4.34. The average Bonchev–Trinajstić information content (AvgIpc) is 2.95. The third-order valence-corrected chi connectivity index (χ3v) is 4.34. The van der Waals surface area contributed by atoms with E-state index in [2.05, 4.69) is 45.2 Å². The molecule has 108 valence electrons. The van der Waals surface area contributed by atoms with Gasteiger partial charge in [0.2, 0.25) is 0 Å². The number of hydrogen-bond acceptors (Lipinski definition) is 2. The van der Waals surface area contributed by atoms with Crippen LogP contribution in [0.4, 0.5) is 0 Å². The van der Waals surface area contributed by atoms with E-state index in [0.717, 1.165) is 30.3 Å². The minimum atomic E-state index is 0.0854. The van der Waals surface area contributed by atoms with E-state index >= 15 is 0 Å². The van der Waals surface area contributed by atoms with E-state index in [1.165, 1.54) is 5.56 Å². The first-order chi connectivity index (χ1) is 10.2. The summed E-state index contributed by atoms with van der Waals surface area (Å²) < 4.78 is 0.840. The molecule has 0 spiro atoms. The normalized spacial score (nSPS) is 18.0. The predicted octanol–water partition coefficient (Wildman–Crippen LogP) is 3.69. The Balaban J connectivity index is 1.76. The fourth-order valence-corrected chi connectivity index (χ4v) is 3.26. The van der Waals surface area contributed by atoms with Crippen LogP contribution < -0.4 is 0 Å². The van der Waals surface area contributed by atoms with Crippen LogP contribution >= 0.6 is 15.9 Å². The molecule has 2 heterocycles. The van der Waals surface area contributed by atoms with Gasteiger partial charge < -0.3 is 4.90 Å². The number of carbonyl (C=O) groups is 1. The summed E-state index contributed by atoms with van der Waals surface area (Å²) in [7, 11) is 0. The standard InChI is InChI=1S/C17H17BrN2O/c18-15-10-14(11-19-12-15)17(21)20-8-4-7-16(20)9-13-5-2-1-3-6-13/h1-3,5-6,10-12,16H,4,7-9H2/t16-/m1/s1. The SMILES string of the molecule is O=C(c1cncc(Br)c1)N1CCC[C@@H]1Cc1ccccc1. The minimum absolute atomic E-state index is 0.0854. The van der Waals surface area contributed by atoms with Crippen LogP contribution in [0.1, 0.15) is 28.8 Å². The molecular formula is C17H17BrN2O. The Hall–Kier alpha value is -1.68. The third-order valence-electron chi connectivity index (χ3n) is 3.90. The average molecular weight is 345 g/mol. The highest BCUT2D eigenvalue weighted by molar-refractivity contribution is 9.10. The van der Waals surface area contributed by atoms with Crippen LogP contribution in [0.25, 0.3) is 0 Å². The van der Waals surface area contributed by atoms with E-state index in [1.54, 1.807) is 12.4 Å². The fraction of sp³-hybridized carbons (Fsp3) is 0.294. The number of aromatic nitrogens is 1. The van der Waals surface area contributed by atoms with Crippen LogP contribution in [-0.2, 0) is 6.42 Å². The zero-order valence-electron chi connectivity index (χ0n) is 11.7. The molecule has 1 amide bonds. The van der Waals surface area contributed by atoms with Crippen LogP contribution in [0, 0.1) is 0 Å². The molecule has 3 rings (SSSR count). The molecule has 1 aliphatic rings. The Labute approximate surface area is 133 Å². The van der Waals surface area contributed by atoms with Crippen molar-refractivity contribution in [3.05, 3.63) is 64.4 Å². The molecule has 21 heavy (non-hydrogen) atoms. The molecule has 2 aromatic rings. The van der Waals surface area contributed by atoms with Crippen LogP contribution in [0.15, 0.2) is 53.3 Å². The molecule has 1 fully saturated rings. The lowest BCUT2D eigenvalue weighted by molar-refractivity contribution is 0.0736. The van der Waals surface area contributed by atoms with Crippen LogP contribution in [-0.4, -0.2) is 28.4 Å². The first-order valence-corrected chi connectivity index (χ1v) is 7.99. The number of pyridine rings is 1. The summed E-state index contributed by atoms with van der Waals surface area (Å²) in [4.78, 5) is 18.8. The van der Waals surface area contributed by atoms with E-state index < -0.39 is 0 Å². The third kappa shape index (κ3) is 3.32. The maximum atomic E-state index is 12.7. The van der Waals surface area contributed by atoms with Crippen molar-refractivity contribution in [2.75, 3.05) is 6.54 Å². The second-order valence-electron chi connectivity index (χ2n) is 5.38. The summed E-state index contributed by atoms with van der Waals surface area (Å²) in [5.41, 5.74) is 1.94. The second-order valence-corrected chi connectivity index (χ2v) is 6.29. The summed E-state index contributed by atoms with van der Waals surface area (Å²) in [5.74, 6) is 0.0854. The molecule has 4 heteroatoms. The molecule has 0 radical (unpaired) electrons. The zero-order valence-corrected chi connectivity index (χ0v) is 13.3. The molecule has 0 aliphatic carbocycles. The van der Waals surface area contributed by atoms with Crippen molar-refractivity contribution in [3.8, 4) is 0 Å². The quantitative estimate of drug-likeness (QED) is 0.850. The Bertz CT molecular complexity index is 630. The molecule has 1 aromatic heterocycles. The summed E-state index contributed by atoms with van der Waals surface area (Å²) in [6, 6.07) is 12.5. The number of carbonyl (C=O) groups excluding carboxylic acids is 1. The van der Waals surface area contributed by atoms with Gasteiger partial charge in [-0.05, 0) is 46.8 Å². The van der Waals surface area contributed by atoms with Crippen LogP contribution in [0.2, 0.25) is 0 Å². The second kappa shape index (κ2) is 6.39. The van der Waals surface area contributed by atoms with Gasteiger partial charge in [0, 0.05) is 29.5 Å². The van der Waals surface area contributed by atoms with Crippen molar-refractivity contribution in [2.45, 2.75) is 25.3 Å². The number of benzene rings is 1. The number of nitrogens with zero attached hydrogens (tertiary/aromatic N) is 2. The molecule has 0 N–H and O–H groups in total. The molecule has 1 aliphatic heterocycles. The largest absolute Gasteiger partial charge is 0.335 e. The van der Waals surface area contributed by atoms with Gasteiger partial charge in [-0.15, -0.1) is 0 Å². The van der Waals surface area contributed by atoms with Crippen molar-refractivity contribution in [2.24, 2.45) is 0 Å². The molecule has 1 atom stereocenters.